The Morgan fingerprint density at radius 1 is 1.18 bits per heavy atom. The van der Waals surface area contributed by atoms with E-state index in [4.69, 9.17) is 5.73 Å². The van der Waals surface area contributed by atoms with Gasteiger partial charge in [-0.3, -0.25) is 38.9 Å². The number of hydrogen-bond donors (Lipinski definition) is 4. The zero-order chi connectivity index (χ0) is 24.4. The molecule has 1 atom stereocenters. The number of nitrogens with one attached hydrogen (secondary N) is 3. The van der Waals surface area contributed by atoms with Gasteiger partial charge >= 0.3 is 0 Å². The van der Waals surface area contributed by atoms with Gasteiger partial charge in [0.2, 0.25) is 11.8 Å². The van der Waals surface area contributed by atoms with Gasteiger partial charge < -0.3 is 16.4 Å². The van der Waals surface area contributed by atoms with E-state index in [0.29, 0.717) is 43.0 Å². The summed E-state index contributed by atoms with van der Waals surface area (Å²) in [6.45, 7) is 0.929. The lowest BCUT2D eigenvalue weighted by Gasteiger charge is -2.27. The van der Waals surface area contributed by atoms with Crippen molar-refractivity contribution >= 4 is 40.9 Å². The molecule has 4 rings (SSSR count). The minimum atomic E-state index is -1.00. The van der Waals surface area contributed by atoms with Crippen molar-refractivity contribution in [2.24, 2.45) is 7.05 Å². The van der Waals surface area contributed by atoms with Gasteiger partial charge in [0.05, 0.1) is 23.0 Å². The van der Waals surface area contributed by atoms with Crippen molar-refractivity contribution in [3.05, 3.63) is 41.2 Å². The number of imide groups is 2. The number of fused-ring (bicyclic) bond motifs is 1. The maximum atomic E-state index is 13.1. The zero-order valence-electron chi connectivity index (χ0n) is 18.6. The number of nitrogen functional groups attached to an aromatic ring is 1. The molecule has 5 N–H and O–H groups in total. The fourth-order valence-electron chi connectivity index (χ4n) is 4.15. The van der Waals surface area contributed by atoms with Gasteiger partial charge in [0.25, 0.3) is 17.7 Å². The summed E-state index contributed by atoms with van der Waals surface area (Å²) in [5.74, 6) is -2.46. The van der Waals surface area contributed by atoms with Crippen molar-refractivity contribution in [1.82, 2.24) is 25.3 Å². The lowest BCUT2D eigenvalue weighted by molar-refractivity contribution is -0.136. The molecule has 2 aromatic rings. The summed E-state index contributed by atoms with van der Waals surface area (Å²) < 4.78 is 1.42. The van der Waals surface area contributed by atoms with Crippen LogP contribution in [-0.2, 0) is 16.6 Å². The van der Waals surface area contributed by atoms with Crippen molar-refractivity contribution in [3.63, 3.8) is 0 Å². The molecule has 2 aliphatic rings. The highest BCUT2D eigenvalue weighted by Crippen LogP contribution is 2.32. The number of nitrogens with zero attached hydrogens (tertiary/aromatic N) is 3. The van der Waals surface area contributed by atoms with Gasteiger partial charge in [-0.25, -0.2) is 0 Å². The average molecular weight is 467 g/mol. The number of rotatable bonds is 8. The van der Waals surface area contributed by atoms with Crippen molar-refractivity contribution in [2.75, 3.05) is 24.1 Å². The third-order valence-electron chi connectivity index (χ3n) is 5.85. The topological polar surface area (TPSA) is 169 Å². The summed E-state index contributed by atoms with van der Waals surface area (Å²) in [6, 6.07) is 3.91. The first-order valence-corrected chi connectivity index (χ1v) is 10.9. The van der Waals surface area contributed by atoms with E-state index < -0.39 is 29.7 Å². The third-order valence-corrected chi connectivity index (χ3v) is 5.85. The zero-order valence-corrected chi connectivity index (χ0v) is 18.6. The highest BCUT2D eigenvalue weighted by atomic mass is 16.2. The second-order valence-corrected chi connectivity index (χ2v) is 8.14. The summed E-state index contributed by atoms with van der Waals surface area (Å²) in [5.41, 5.74) is 7.31. The molecule has 1 saturated heterocycles. The Labute approximate surface area is 194 Å². The van der Waals surface area contributed by atoms with Gasteiger partial charge in [0, 0.05) is 32.2 Å². The van der Waals surface area contributed by atoms with Crippen LogP contribution < -0.4 is 21.7 Å². The second-order valence-electron chi connectivity index (χ2n) is 8.14. The van der Waals surface area contributed by atoms with Gasteiger partial charge in [0.15, 0.2) is 0 Å². The normalized spacial score (nSPS) is 17.6. The van der Waals surface area contributed by atoms with Crippen LogP contribution in [0.15, 0.2) is 24.4 Å². The van der Waals surface area contributed by atoms with Crippen molar-refractivity contribution in [2.45, 2.75) is 31.7 Å². The minimum Gasteiger partial charge on any atom is -0.396 e. The van der Waals surface area contributed by atoms with E-state index >= 15 is 0 Å². The third kappa shape index (κ3) is 4.21. The molecular formula is C22H25N7O5. The number of benzene rings is 1. The van der Waals surface area contributed by atoms with Crippen LogP contribution in [0, 0.1) is 0 Å². The lowest BCUT2D eigenvalue weighted by atomic mass is 10.0. The van der Waals surface area contributed by atoms with Gasteiger partial charge in [-0.2, -0.15) is 5.10 Å². The molecule has 5 amide bonds. The Morgan fingerprint density at radius 2 is 1.94 bits per heavy atom. The minimum absolute atomic E-state index is 0.0681. The number of amides is 5. The summed E-state index contributed by atoms with van der Waals surface area (Å²) in [4.78, 5) is 62.7. The SMILES string of the molecule is Cn1ncc(N)c1C(=O)NCCCCNc1cccc2c1C(=O)N(C1CCC(=O)NC1=O)C2=O. The molecule has 12 heteroatoms. The monoisotopic (exact) mass is 467 g/mol. The number of aromatic nitrogens is 2. The molecule has 0 saturated carbocycles. The number of nitrogens with two attached hydrogens (primary N) is 1. The van der Waals surface area contributed by atoms with Crippen LogP contribution in [0.25, 0.3) is 0 Å². The first-order chi connectivity index (χ1) is 16.3. The standard InChI is InChI=1S/C22H25N7O5/c1-28-18(13(23)11-26-28)20(32)25-10-3-2-9-24-14-6-4-5-12-17(14)22(34)29(21(12)33)15-7-8-16(30)27-19(15)31/h4-6,11,15,24H,2-3,7-10,23H2,1H3,(H,25,32)(H,27,30,31). The number of anilines is 2. The van der Waals surface area contributed by atoms with Gasteiger partial charge in [-0.05, 0) is 31.4 Å². The Kier molecular flexibility index (Phi) is 6.30. The Bertz CT molecular complexity index is 1170. The van der Waals surface area contributed by atoms with E-state index in [2.05, 4.69) is 21.0 Å². The lowest BCUT2D eigenvalue weighted by Crippen LogP contribution is -2.54. The number of piperidine rings is 1. The van der Waals surface area contributed by atoms with Crippen LogP contribution in [0.4, 0.5) is 11.4 Å². The number of carbonyl (C=O) groups excluding carboxylic acids is 5. The highest BCUT2D eigenvalue weighted by Gasteiger charge is 2.45. The number of hydrogen-bond acceptors (Lipinski definition) is 8. The van der Waals surface area contributed by atoms with Crippen molar-refractivity contribution in [1.29, 1.82) is 0 Å². The first-order valence-electron chi connectivity index (χ1n) is 10.9. The van der Waals surface area contributed by atoms with E-state index in [9.17, 15) is 24.0 Å². The highest BCUT2D eigenvalue weighted by molar-refractivity contribution is 6.25. The van der Waals surface area contributed by atoms with Crippen LogP contribution >= 0.6 is 0 Å². The summed E-state index contributed by atoms with van der Waals surface area (Å²) >= 11 is 0. The van der Waals surface area contributed by atoms with Gasteiger partial charge in [0.1, 0.15) is 11.7 Å². The Morgan fingerprint density at radius 3 is 2.65 bits per heavy atom. The van der Waals surface area contributed by atoms with Crippen molar-refractivity contribution < 1.29 is 24.0 Å². The predicted octanol–water partition coefficient (Wildman–Crippen LogP) is 0.0256. The van der Waals surface area contributed by atoms with E-state index in [1.165, 1.54) is 10.9 Å². The average Bonchev–Trinajstić information content (AvgIpc) is 3.27. The molecule has 34 heavy (non-hydrogen) atoms. The molecule has 1 fully saturated rings. The maximum absolute atomic E-state index is 13.1. The smallest absolute Gasteiger partial charge is 0.271 e. The molecule has 178 valence electrons. The molecule has 12 nitrogen and oxygen atoms in total. The quantitative estimate of drug-likeness (QED) is 0.311. The van der Waals surface area contributed by atoms with Crippen LogP contribution in [0.5, 0.6) is 0 Å². The largest absolute Gasteiger partial charge is 0.396 e. The van der Waals surface area contributed by atoms with Crippen molar-refractivity contribution in [3.8, 4) is 0 Å². The van der Waals surface area contributed by atoms with Gasteiger partial charge in [-0.1, -0.05) is 6.07 Å². The first kappa shape index (κ1) is 23.0. The molecule has 1 aromatic heterocycles. The van der Waals surface area contributed by atoms with Crippen LogP contribution in [-0.4, -0.2) is 63.3 Å². The second kappa shape index (κ2) is 9.33. The van der Waals surface area contributed by atoms with Crippen LogP contribution in [0.3, 0.4) is 0 Å². The van der Waals surface area contributed by atoms with E-state index in [1.807, 2.05) is 0 Å². The molecule has 2 aliphatic heterocycles. The molecule has 0 bridgehead atoms. The van der Waals surface area contributed by atoms with E-state index in [0.717, 1.165) is 4.90 Å². The van der Waals surface area contributed by atoms with E-state index in [-0.39, 0.29) is 29.9 Å². The van der Waals surface area contributed by atoms with Crippen LogP contribution in [0.2, 0.25) is 0 Å². The molecule has 1 unspecified atom stereocenters. The molecular weight excluding hydrogens is 442 g/mol. The van der Waals surface area contributed by atoms with Crippen LogP contribution in [0.1, 0.15) is 56.9 Å². The van der Waals surface area contributed by atoms with Gasteiger partial charge in [-0.15, -0.1) is 0 Å². The fourth-order valence-corrected chi connectivity index (χ4v) is 4.15. The molecule has 0 aliphatic carbocycles. The molecule has 0 radical (unpaired) electrons. The summed E-state index contributed by atoms with van der Waals surface area (Å²) in [5, 5.41) is 12.1. The molecule has 1 aromatic carbocycles. The Balaban J connectivity index is 1.32. The maximum Gasteiger partial charge on any atom is 0.271 e. The molecule has 3 heterocycles. The summed E-state index contributed by atoms with van der Waals surface area (Å²) in [7, 11) is 1.64. The number of unbranched alkanes of at least 4 members (excludes halogenated alkanes) is 1. The van der Waals surface area contributed by atoms with E-state index in [1.54, 1.807) is 25.2 Å². The number of carbonyl (C=O) groups is 5. The fraction of sp³-hybridized carbons (Fsp3) is 0.364. The summed E-state index contributed by atoms with van der Waals surface area (Å²) in [6.07, 6.45) is 2.95. The molecule has 0 spiro atoms. The Hall–Kier alpha value is -4.22. The predicted molar refractivity (Wildman–Crippen MR) is 121 cm³/mol. The number of aryl methyl sites for hydroxylation is 1.